The van der Waals surface area contributed by atoms with Crippen LogP contribution in [0.5, 0.6) is 0 Å². The zero-order valence-corrected chi connectivity index (χ0v) is 14.2. The van der Waals surface area contributed by atoms with Crippen LogP contribution in [0, 0.1) is 5.92 Å². The predicted molar refractivity (Wildman–Crippen MR) is 90.6 cm³/mol. The van der Waals surface area contributed by atoms with Gasteiger partial charge < -0.3 is 16.0 Å². The second-order valence-electron chi connectivity index (χ2n) is 5.52. The van der Waals surface area contributed by atoms with E-state index in [1.807, 2.05) is 32.0 Å². The molecular weight excluding hydrogens is 325 g/mol. The van der Waals surface area contributed by atoms with E-state index in [1.54, 1.807) is 4.90 Å². The van der Waals surface area contributed by atoms with Crippen molar-refractivity contribution < 1.29 is 9.59 Å². The van der Waals surface area contributed by atoms with Crippen molar-refractivity contribution in [2.75, 3.05) is 18.0 Å². The molecule has 2 rings (SSSR count). The fourth-order valence-corrected chi connectivity index (χ4v) is 2.59. The lowest BCUT2D eigenvalue weighted by Crippen LogP contribution is -2.47. The van der Waals surface area contributed by atoms with Gasteiger partial charge in [0, 0.05) is 17.3 Å². The molecule has 122 valence electrons. The number of rotatable bonds is 4. The minimum absolute atomic E-state index is 0. The average molecular weight is 346 g/mol. The van der Waals surface area contributed by atoms with Crippen molar-refractivity contribution in [2.45, 2.75) is 26.3 Å². The largest absolute Gasteiger partial charge is 0.346 e. The van der Waals surface area contributed by atoms with Crippen LogP contribution < -0.4 is 16.0 Å². The third-order valence-corrected chi connectivity index (χ3v) is 4.06. The molecule has 0 saturated heterocycles. The van der Waals surface area contributed by atoms with E-state index in [4.69, 9.17) is 17.3 Å². The van der Waals surface area contributed by atoms with Crippen LogP contribution >= 0.6 is 24.0 Å². The summed E-state index contributed by atoms with van der Waals surface area (Å²) >= 11 is 6.12. The van der Waals surface area contributed by atoms with E-state index in [0.717, 1.165) is 17.7 Å². The quantitative estimate of drug-likeness (QED) is 0.872. The molecule has 1 aliphatic heterocycles. The minimum Gasteiger partial charge on any atom is -0.346 e. The smallest absolute Gasteiger partial charge is 0.246 e. The van der Waals surface area contributed by atoms with Gasteiger partial charge in [-0.05, 0) is 30.0 Å². The van der Waals surface area contributed by atoms with Crippen molar-refractivity contribution >= 4 is 41.5 Å². The number of hydrogen-bond donors (Lipinski definition) is 2. The van der Waals surface area contributed by atoms with Gasteiger partial charge >= 0.3 is 0 Å². The van der Waals surface area contributed by atoms with E-state index < -0.39 is 6.04 Å². The number of nitrogens with zero attached hydrogens (tertiary/aromatic N) is 1. The van der Waals surface area contributed by atoms with Gasteiger partial charge in [0.25, 0.3) is 0 Å². The minimum atomic E-state index is -0.599. The lowest BCUT2D eigenvalue weighted by Gasteiger charge is -2.19. The van der Waals surface area contributed by atoms with Crippen LogP contribution in [0.15, 0.2) is 18.2 Å². The topological polar surface area (TPSA) is 75.4 Å². The standard InChI is InChI=1S/C15H20ClN3O2.ClH/c1-9(2)14(17)15(21)18-8-13(20)19-7-6-10-11(16)4-3-5-12(10)19;/h3-5,9,14H,6-8,17H2,1-2H3,(H,18,21);1H/t14-;/m0./s1. The first-order valence-corrected chi connectivity index (χ1v) is 7.40. The van der Waals surface area contributed by atoms with E-state index in [2.05, 4.69) is 5.32 Å². The fraction of sp³-hybridized carbons (Fsp3) is 0.467. The number of halogens is 2. The highest BCUT2D eigenvalue weighted by atomic mass is 35.5. The summed E-state index contributed by atoms with van der Waals surface area (Å²) in [6, 6.07) is 4.91. The molecule has 7 heteroatoms. The Morgan fingerprint density at radius 2 is 2.09 bits per heavy atom. The summed E-state index contributed by atoms with van der Waals surface area (Å²) in [5.41, 5.74) is 7.55. The molecule has 0 unspecified atom stereocenters. The van der Waals surface area contributed by atoms with Gasteiger partial charge in [-0.3, -0.25) is 9.59 Å². The van der Waals surface area contributed by atoms with Crippen LogP contribution in [0.1, 0.15) is 19.4 Å². The van der Waals surface area contributed by atoms with Crippen molar-refractivity contribution in [2.24, 2.45) is 11.7 Å². The van der Waals surface area contributed by atoms with Gasteiger partial charge in [-0.15, -0.1) is 12.4 Å². The van der Waals surface area contributed by atoms with Gasteiger partial charge in [0.1, 0.15) is 0 Å². The van der Waals surface area contributed by atoms with Gasteiger partial charge in [-0.2, -0.15) is 0 Å². The Bertz CT molecular complexity index is 564. The molecule has 0 saturated carbocycles. The summed E-state index contributed by atoms with van der Waals surface area (Å²) in [4.78, 5) is 25.7. The molecule has 1 heterocycles. The number of fused-ring (bicyclic) bond motifs is 1. The fourth-order valence-electron chi connectivity index (χ4n) is 2.33. The summed E-state index contributed by atoms with van der Waals surface area (Å²) in [7, 11) is 0. The van der Waals surface area contributed by atoms with Crippen LogP contribution in [-0.4, -0.2) is 30.9 Å². The van der Waals surface area contributed by atoms with Gasteiger partial charge in [0.15, 0.2) is 0 Å². The lowest BCUT2D eigenvalue weighted by molar-refractivity contribution is -0.126. The van der Waals surface area contributed by atoms with Crippen LogP contribution in [0.25, 0.3) is 0 Å². The molecule has 3 N–H and O–H groups in total. The molecule has 0 spiro atoms. The molecule has 0 bridgehead atoms. The van der Waals surface area contributed by atoms with E-state index in [-0.39, 0.29) is 36.7 Å². The number of carbonyl (C=O) groups is 2. The van der Waals surface area contributed by atoms with Crippen molar-refractivity contribution in [1.82, 2.24) is 5.32 Å². The highest BCUT2D eigenvalue weighted by Crippen LogP contribution is 2.33. The normalized spacial score (nSPS) is 14.3. The van der Waals surface area contributed by atoms with Crippen molar-refractivity contribution in [3.05, 3.63) is 28.8 Å². The van der Waals surface area contributed by atoms with Crippen molar-refractivity contribution in [1.29, 1.82) is 0 Å². The molecular formula is C15H21Cl2N3O2. The maximum absolute atomic E-state index is 12.2. The molecule has 2 amide bonds. The summed E-state index contributed by atoms with van der Waals surface area (Å²) in [5, 5.41) is 3.27. The predicted octanol–water partition coefficient (Wildman–Crippen LogP) is 1.75. The zero-order chi connectivity index (χ0) is 15.6. The summed E-state index contributed by atoms with van der Waals surface area (Å²) < 4.78 is 0. The maximum atomic E-state index is 12.2. The number of hydrogen-bond acceptors (Lipinski definition) is 3. The monoisotopic (exact) mass is 345 g/mol. The molecule has 0 fully saturated rings. The number of nitrogens with two attached hydrogens (primary N) is 1. The van der Waals surface area contributed by atoms with Crippen molar-refractivity contribution in [3.63, 3.8) is 0 Å². The van der Waals surface area contributed by atoms with Gasteiger partial charge in [-0.1, -0.05) is 31.5 Å². The van der Waals surface area contributed by atoms with Gasteiger partial charge in [0.05, 0.1) is 12.6 Å². The highest BCUT2D eigenvalue weighted by molar-refractivity contribution is 6.32. The summed E-state index contributed by atoms with van der Waals surface area (Å²) in [6.07, 6.45) is 0.736. The van der Waals surface area contributed by atoms with Gasteiger partial charge in [-0.25, -0.2) is 0 Å². The first kappa shape index (κ1) is 18.7. The zero-order valence-electron chi connectivity index (χ0n) is 12.6. The molecule has 1 aromatic rings. The SMILES string of the molecule is CC(C)[C@H](N)C(=O)NCC(=O)N1CCc2c(Cl)cccc21.Cl. The first-order valence-electron chi connectivity index (χ1n) is 7.03. The molecule has 1 aliphatic rings. The Kier molecular flexibility index (Phi) is 6.66. The van der Waals surface area contributed by atoms with Gasteiger partial charge in [0.2, 0.25) is 11.8 Å². The van der Waals surface area contributed by atoms with E-state index >= 15 is 0 Å². The number of anilines is 1. The molecule has 22 heavy (non-hydrogen) atoms. The Morgan fingerprint density at radius 1 is 1.41 bits per heavy atom. The Balaban J connectivity index is 0.00000242. The number of amides is 2. The maximum Gasteiger partial charge on any atom is 0.246 e. The highest BCUT2D eigenvalue weighted by Gasteiger charge is 2.26. The van der Waals surface area contributed by atoms with Crippen LogP contribution in [0.3, 0.4) is 0 Å². The van der Waals surface area contributed by atoms with E-state index in [9.17, 15) is 9.59 Å². The second-order valence-corrected chi connectivity index (χ2v) is 5.93. The third kappa shape index (κ3) is 3.91. The first-order chi connectivity index (χ1) is 9.91. The van der Waals surface area contributed by atoms with Crippen LogP contribution in [0.2, 0.25) is 5.02 Å². The van der Waals surface area contributed by atoms with Crippen molar-refractivity contribution in [3.8, 4) is 0 Å². The molecule has 0 radical (unpaired) electrons. The number of carbonyl (C=O) groups excluding carboxylic acids is 2. The third-order valence-electron chi connectivity index (χ3n) is 3.71. The number of nitrogens with one attached hydrogen (secondary N) is 1. The second kappa shape index (κ2) is 7.81. The molecule has 5 nitrogen and oxygen atoms in total. The van der Waals surface area contributed by atoms with E-state index in [0.29, 0.717) is 11.6 Å². The van der Waals surface area contributed by atoms with Crippen LogP contribution in [-0.2, 0) is 16.0 Å². The van der Waals surface area contributed by atoms with Crippen LogP contribution in [0.4, 0.5) is 5.69 Å². The number of benzene rings is 1. The Hall–Kier alpha value is -1.30. The molecule has 1 aromatic carbocycles. The Morgan fingerprint density at radius 3 is 2.73 bits per heavy atom. The molecule has 0 aromatic heterocycles. The molecule has 0 aliphatic carbocycles. The molecule has 1 atom stereocenters. The Labute approximate surface area is 141 Å². The average Bonchev–Trinajstić information content (AvgIpc) is 2.88. The lowest BCUT2D eigenvalue weighted by atomic mass is 10.1. The summed E-state index contributed by atoms with van der Waals surface area (Å²) in [5.74, 6) is -0.421. The van der Waals surface area contributed by atoms with E-state index in [1.165, 1.54) is 0 Å². The summed E-state index contributed by atoms with van der Waals surface area (Å²) in [6.45, 7) is 4.27.